The Morgan fingerprint density at radius 2 is 2.25 bits per heavy atom. The van der Waals surface area contributed by atoms with Crippen LogP contribution < -0.4 is 5.32 Å². The molecule has 3 heterocycles. The number of carbonyl (C=O) groups is 1. The number of nitrogens with zero attached hydrogens (tertiary/aromatic N) is 4. The lowest BCUT2D eigenvalue weighted by Gasteiger charge is -2.20. The van der Waals surface area contributed by atoms with E-state index in [2.05, 4.69) is 15.4 Å². The van der Waals surface area contributed by atoms with Crippen molar-refractivity contribution in [2.24, 2.45) is 0 Å². The first kappa shape index (κ1) is 16.4. The van der Waals surface area contributed by atoms with E-state index in [1.54, 1.807) is 25.4 Å². The molecule has 0 fully saturated rings. The van der Waals surface area contributed by atoms with Gasteiger partial charge in [-0.25, -0.2) is 4.98 Å². The fraction of sp³-hybridized carbons (Fsp3) is 0.471. The molecule has 2 N–H and O–H groups in total. The van der Waals surface area contributed by atoms with Gasteiger partial charge in [0.2, 0.25) is 0 Å². The quantitative estimate of drug-likeness (QED) is 0.894. The largest absolute Gasteiger partial charge is 0.387 e. The molecule has 7 heteroatoms. The summed E-state index contributed by atoms with van der Waals surface area (Å²) in [5.74, 6) is 0.662. The molecule has 1 atom stereocenters. The standard InChI is InChI=1S/C17H23N5O2/c1-3-15(23)14-10-13-11-21(7-4-8-22(13)20-14)17(24)12-5-6-19-16(9-12)18-2/h5-6,9-10,15,23H,3-4,7-8,11H2,1-2H3,(H,18,19). The van der Waals surface area contributed by atoms with Gasteiger partial charge in [0.1, 0.15) is 5.82 Å². The van der Waals surface area contributed by atoms with Crippen LogP contribution in [-0.2, 0) is 13.1 Å². The Labute approximate surface area is 141 Å². The van der Waals surface area contributed by atoms with Crippen LogP contribution in [0.15, 0.2) is 24.4 Å². The number of hydrogen-bond donors (Lipinski definition) is 2. The second kappa shape index (κ2) is 7.00. The van der Waals surface area contributed by atoms with Crippen molar-refractivity contribution in [1.29, 1.82) is 0 Å². The summed E-state index contributed by atoms with van der Waals surface area (Å²) in [4.78, 5) is 18.8. The Morgan fingerprint density at radius 1 is 1.42 bits per heavy atom. The Balaban J connectivity index is 1.82. The molecule has 0 spiro atoms. The molecular formula is C17H23N5O2. The molecule has 0 aromatic carbocycles. The summed E-state index contributed by atoms with van der Waals surface area (Å²) in [5, 5.41) is 17.4. The summed E-state index contributed by atoms with van der Waals surface area (Å²) >= 11 is 0. The van der Waals surface area contributed by atoms with Gasteiger partial charge in [-0.15, -0.1) is 0 Å². The van der Waals surface area contributed by atoms with Gasteiger partial charge >= 0.3 is 0 Å². The lowest BCUT2D eigenvalue weighted by atomic mass is 10.2. The summed E-state index contributed by atoms with van der Waals surface area (Å²) in [6.45, 7) is 3.87. The molecule has 1 amide bonds. The number of aliphatic hydroxyl groups excluding tert-OH is 1. The molecule has 2 aromatic heterocycles. The van der Waals surface area contributed by atoms with E-state index in [1.165, 1.54) is 0 Å². The van der Waals surface area contributed by atoms with Gasteiger partial charge in [0.25, 0.3) is 5.91 Å². The first-order valence-electron chi connectivity index (χ1n) is 8.30. The molecule has 2 aromatic rings. The van der Waals surface area contributed by atoms with E-state index in [0.29, 0.717) is 36.6 Å². The van der Waals surface area contributed by atoms with Crippen molar-refractivity contribution in [3.63, 3.8) is 0 Å². The zero-order valence-electron chi connectivity index (χ0n) is 14.1. The van der Waals surface area contributed by atoms with Gasteiger partial charge in [-0.2, -0.15) is 5.10 Å². The third-order valence-corrected chi connectivity index (χ3v) is 4.31. The highest BCUT2D eigenvalue weighted by molar-refractivity contribution is 5.94. The normalized spacial score (nSPS) is 15.5. The Hall–Kier alpha value is -2.41. The average Bonchev–Trinajstić information content (AvgIpc) is 2.92. The second-order valence-corrected chi connectivity index (χ2v) is 5.97. The van der Waals surface area contributed by atoms with Crippen molar-refractivity contribution in [2.45, 2.75) is 39.0 Å². The number of nitrogens with one attached hydrogen (secondary N) is 1. The van der Waals surface area contributed by atoms with Crippen molar-refractivity contribution >= 4 is 11.7 Å². The van der Waals surface area contributed by atoms with E-state index in [4.69, 9.17) is 0 Å². The first-order valence-corrected chi connectivity index (χ1v) is 8.30. The molecule has 0 radical (unpaired) electrons. The number of pyridine rings is 1. The maximum Gasteiger partial charge on any atom is 0.254 e. The van der Waals surface area contributed by atoms with Gasteiger partial charge < -0.3 is 15.3 Å². The minimum atomic E-state index is -0.549. The second-order valence-electron chi connectivity index (χ2n) is 5.97. The van der Waals surface area contributed by atoms with Crippen LogP contribution in [0.25, 0.3) is 0 Å². The van der Waals surface area contributed by atoms with Gasteiger partial charge in [-0.05, 0) is 31.0 Å². The SMILES string of the molecule is CCC(O)c1cc2n(n1)CCCN(C(=O)c1ccnc(NC)c1)C2. The van der Waals surface area contributed by atoms with E-state index >= 15 is 0 Å². The van der Waals surface area contributed by atoms with Crippen molar-refractivity contribution in [2.75, 3.05) is 18.9 Å². The highest BCUT2D eigenvalue weighted by Crippen LogP contribution is 2.21. The Bertz CT molecular complexity index is 728. The number of amides is 1. The summed E-state index contributed by atoms with van der Waals surface area (Å²) in [5.41, 5.74) is 2.27. The zero-order chi connectivity index (χ0) is 17.1. The molecule has 0 aliphatic carbocycles. The number of fused-ring (bicyclic) bond motifs is 1. The molecule has 24 heavy (non-hydrogen) atoms. The lowest BCUT2D eigenvalue weighted by molar-refractivity contribution is 0.0745. The Morgan fingerprint density at radius 3 is 3.00 bits per heavy atom. The molecule has 0 saturated heterocycles. The van der Waals surface area contributed by atoms with E-state index in [0.717, 1.165) is 18.7 Å². The van der Waals surface area contributed by atoms with Gasteiger partial charge in [0.15, 0.2) is 0 Å². The smallest absolute Gasteiger partial charge is 0.254 e. The number of rotatable bonds is 4. The molecule has 3 rings (SSSR count). The molecule has 1 unspecified atom stereocenters. The molecular weight excluding hydrogens is 306 g/mol. The molecule has 1 aliphatic heterocycles. The lowest BCUT2D eigenvalue weighted by Crippen LogP contribution is -2.30. The van der Waals surface area contributed by atoms with Crippen molar-refractivity contribution in [3.05, 3.63) is 41.3 Å². The maximum atomic E-state index is 12.8. The van der Waals surface area contributed by atoms with Gasteiger partial charge in [0, 0.05) is 31.9 Å². The highest BCUT2D eigenvalue weighted by Gasteiger charge is 2.23. The van der Waals surface area contributed by atoms with Crippen LogP contribution in [0.3, 0.4) is 0 Å². The van der Waals surface area contributed by atoms with Crippen molar-refractivity contribution in [1.82, 2.24) is 19.7 Å². The molecule has 7 nitrogen and oxygen atoms in total. The van der Waals surface area contributed by atoms with Crippen molar-refractivity contribution in [3.8, 4) is 0 Å². The summed E-state index contributed by atoms with van der Waals surface area (Å²) in [6, 6.07) is 5.40. The van der Waals surface area contributed by atoms with Crippen LogP contribution in [0.5, 0.6) is 0 Å². The summed E-state index contributed by atoms with van der Waals surface area (Å²) in [7, 11) is 1.78. The fourth-order valence-corrected chi connectivity index (χ4v) is 2.91. The zero-order valence-corrected chi connectivity index (χ0v) is 14.1. The predicted octanol–water partition coefficient (Wildman–Crippen LogP) is 1.81. The number of aryl methyl sites for hydroxylation is 1. The van der Waals surface area contributed by atoms with Gasteiger partial charge in [0.05, 0.1) is 24.0 Å². The van der Waals surface area contributed by atoms with E-state index in [1.807, 2.05) is 22.6 Å². The number of aromatic nitrogens is 3. The minimum Gasteiger partial charge on any atom is -0.387 e. The predicted molar refractivity (Wildman–Crippen MR) is 90.6 cm³/mol. The van der Waals surface area contributed by atoms with Crippen LogP contribution in [0.2, 0.25) is 0 Å². The first-order chi connectivity index (χ1) is 11.6. The monoisotopic (exact) mass is 329 g/mol. The topological polar surface area (TPSA) is 83.3 Å². The van der Waals surface area contributed by atoms with E-state index in [9.17, 15) is 9.90 Å². The summed E-state index contributed by atoms with van der Waals surface area (Å²) < 4.78 is 1.91. The van der Waals surface area contributed by atoms with E-state index in [-0.39, 0.29) is 5.91 Å². The third-order valence-electron chi connectivity index (χ3n) is 4.31. The maximum absolute atomic E-state index is 12.8. The third kappa shape index (κ3) is 3.26. The van der Waals surface area contributed by atoms with Crippen LogP contribution in [0.4, 0.5) is 5.82 Å². The van der Waals surface area contributed by atoms with Gasteiger partial charge in [-0.3, -0.25) is 9.48 Å². The van der Waals surface area contributed by atoms with Crippen molar-refractivity contribution < 1.29 is 9.90 Å². The Kier molecular flexibility index (Phi) is 4.80. The molecule has 0 saturated carbocycles. The minimum absolute atomic E-state index is 0.0128. The summed E-state index contributed by atoms with van der Waals surface area (Å²) in [6.07, 6.45) is 2.55. The molecule has 128 valence electrons. The number of hydrogen-bond acceptors (Lipinski definition) is 5. The number of anilines is 1. The molecule has 1 aliphatic rings. The number of carbonyl (C=O) groups excluding carboxylic acids is 1. The highest BCUT2D eigenvalue weighted by atomic mass is 16.3. The van der Waals surface area contributed by atoms with Crippen LogP contribution in [-0.4, -0.2) is 44.3 Å². The van der Waals surface area contributed by atoms with Crippen LogP contribution in [0.1, 0.15) is 47.6 Å². The average molecular weight is 329 g/mol. The van der Waals surface area contributed by atoms with Crippen LogP contribution in [0, 0.1) is 0 Å². The van der Waals surface area contributed by atoms with Gasteiger partial charge in [-0.1, -0.05) is 6.92 Å². The molecule has 0 bridgehead atoms. The number of aliphatic hydroxyl groups is 1. The van der Waals surface area contributed by atoms with E-state index < -0.39 is 6.10 Å². The van der Waals surface area contributed by atoms with Crippen LogP contribution >= 0.6 is 0 Å². The fourth-order valence-electron chi connectivity index (χ4n) is 2.91.